The van der Waals surface area contributed by atoms with E-state index >= 15 is 0 Å². The lowest BCUT2D eigenvalue weighted by atomic mass is 10.2. The Hall–Kier alpha value is -2.65. The molecule has 1 heterocycles. The van der Waals surface area contributed by atoms with Crippen LogP contribution in [0.25, 0.3) is 0 Å². The highest BCUT2D eigenvalue weighted by molar-refractivity contribution is 9.10. The van der Waals surface area contributed by atoms with Crippen LogP contribution in [0, 0.1) is 6.92 Å². The number of carbonyl (C=O) groups excluding carboxylic acids is 1. The predicted molar refractivity (Wildman–Crippen MR) is 120 cm³/mol. The van der Waals surface area contributed by atoms with Crippen LogP contribution in [0.2, 0.25) is 0 Å². The number of thioether (sulfide) groups is 1. The van der Waals surface area contributed by atoms with E-state index in [-0.39, 0.29) is 11.7 Å². The molecule has 1 aromatic heterocycles. The number of benzene rings is 2. The number of aromatic nitrogens is 3. The summed E-state index contributed by atoms with van der Waals surface area (Å²) >= 11 is 4.73. The SMILES string of the molecule is Cc1ccc(/C=N\NC(=O)CSc2nnc(CNc3ccc(Br)cc3)n2C)cc1. The molecule has 0 saturated carbocycles. The summed E-state index contributed by atoms with van der Waals surface area (Å²) in [5.41, 5.74) is 5.63. The average Bonchev–Trinajstić information content (AvgIpc) is 3.07. The minimum Gasteiger partial charge on any atom is -0.378 e. The largest absolute Gasteiger partial charge is 0.378 e. The second-order valence-corrected chi connectivity index (χ2v) is 8.17. The fourth-order valence-electron chi connectivity index (χ4n) is 2.37. The molecule has 2 N–H and O–H groups in total. The third kappa shape index (κ3) is 6.43. The zero-order chi connectivity index (χ0) is 20.6. The summed E-state index contributed by atoms with van der Waals surface area (Å²) < 4.78 is 2.90. The van der Waals surface area contributed by atoms with E-state index in [9.17, 15) is 4.79 Å². The maximum absolute atomic E-state index is 12.0. The second kappa shape index (κ2) is 10.2. The fraction of sp³-hybridized carbons (Fsp3) is 0.200. The van der Waals surface area contributed by atoms with Gasteiger partial charge in [-0.25, -0.2) is 5.43 Å². The average molecular weight is 473 g/mol. The standard InChI is InChI=1S/C20H21BrN6OS/c1-14-3-5-15(6-4-14)11-23-25-19(28)13-29-20-26-24-18(27(20)2)12-22-17-9-7-16(21)8-10-17/h3-11,22H,12-13H2,1-2H3,(H,25,28)/b23-11-. The number of nitrogens with one attached hydrogen (secondary N) is 2. The van der Waals surface area contributed by atoms with Crippen LogP contribution in [0.3, 0.4) is 0 Å². The van der Waals surface area contributed by atoms with Crippen LogP contribution < -0.4 is 10.7 Å². The van der Waals surface area contributed by atoms with Gasteiger partial charge < -0.3 is 9.88 Å². The Labute approximate surface area is 182 Å². The Morgan fingerprint density at radius 2 is 1.90 bits per heavy atom. The molecular weight excluding hydrogens is 452 g/mol. The van der Waals surface area contributed by atoms with E-state index in [1.807, 2.05) is 67.1 Å². The number of hydrogen-bond donors (Lipinski definition) is 2. The van der Waals surface area contributed by atoms with Gasteiger partial charge in [-0.1, -0.05) is 57.5 Å². The van der Waals surface area contributed by atoms with Crippen LogP contribution in [0.4, 0.5) is 5.69 Å². The highest BCUT2D eigenvalue weighted by Crippen LogP contribution is 2.17. The first-order chi connectivity index (χ1) is 14.0. The van der Waals surface area contributed by atoms with Crippen molar-refractivity contribution in [2.45, 2.75) is 18.6 Å². The molecule has 0 bridgehead atoms. The Morgan fingerprint density at radius 3 is 2.62 bits per heavy atom. The molecule has 3 rings (SSSR count). The van der Waals surface area contributed by atoms with E-state index in [2.05, 4.69) is 42.0 Å². The second-order valence-electron chi connectivity index (χ2n) is 6.31. The Kier molecular flexibility index (Phi) is 7.42. The molecule has 0 spiro atoms. The molecule has 9 heteroatoms. The van der Waals surface area contributed by atoms with E-state index < -0.39 is 0 Å². The van der Waals surface area contributed by atoms with Crippen molar-refractivity contribution < 1.29 is 4.79 Å². The molecular formula is C20H21BrN6OS. The minimum absolute atomic E-state index is 0.198. The maximum Gasteiger partial charge on any atom is 0.250 e. The summed E-state index contributed by atoms with van der Waals surface area (Å²) in [5, 5.41) is 16.3. The quantitative estimate of drug-likeness (QED) is 0.296. The van der Waals surface area contributed by atoms with Gasteiger partial charge in [0.25, 0.3) is 5.91 Å². The number of hydrazone groups is 1. The van der Waals surface area contributed by atoms with Gasteiger partial charge >= 0.3 is 0 Å². The van der Waals surface area contributed by atoms with Crippen LogP contribution in [-0.2, 0) is 18.4 Å². The first-order valence-electron chi connectivity index (χ1n) is 8.90. The molecule has 3 aromatic rings. The number of carbonyl (C=O) groups is 1. The van der Waals surface area contributed by atoms with Crippen molar-refractivity contribution in [3.63, 3.8) is 0 Å². The summed E-state index contributed by atoms with van der Waals surface area (Å²) in [6, 6.07) is 15.8. The molecule has 0 fully saturated rings. The molecule has 7 nitrogen and oxygen atoms in total. The zero-order valence-electron chi connectivity index (χ0n) is 16.1. The molecule has 0 saturated heterocycles. The molecule has 2 aromatic carbocycles. The molecule has 29 heavy (non-hydrogen) atoms. The third-order valence-corrected chi connectivity index (χ3v) is 5.58. The van der Waals surface area contributed by atoms with E-state index in [0.717, 1.165) is 21.5 Å². The number of amides is 1. The van der Waals surface area contributed by atoms with Gasteiger partial charge in [0.15, 0.2) is 11.0 Å². The minimum atomic E-state index is -0.198. The molecule has 1 amide bonds. The van der Waals surface area contributed by atoms with Gasteiger partial charge in [0.05, 0.1) is 18.5 Å². The first kappa shape index (κ1) is 21.1. The molecule has 0 atom stereocenters. The van der Waals surface area contributed by atoms with Crippen LogP contribution >= 0.6 is 27.7 Å². The van der Waals surface area contributed by atoms with Gasteiger partial charge in [-0.15, -0.1) is 10.2 Å². The summed E-state index contributed by atoms with van der Waals surface area (Å²) in [4.78, 5) is 12.0. The Bertz CT molecular complexity index is 985. The third-order valence-electron chi connectivity index (χ3n) is 4.03. The van der Waals surface area contributed by atoms with Crippen molar-refractivity contribution in [2.75, 3.05) is 11.1 Å². The van der Waals surface area contributed by atoms with Crippen LogP contribution in [-0.4, -0.2) is 32.6 Å². The monoisotopic (exact) mass is 472 g/mol. The molecule has 150 valence electrons. The van der Waals surface area contributed by atoms with Crippen molar-refractivity contribution in [1.29, 1.82) is 0 Å². The molecule has 0 aliphatic carbocycles. The number of rotatable bonds is 8. The van der Waals surface area contributed by atoms with Gasteiger partial charge in [0.2, 0.25) is 0 Å². The number of aryl methyl sites for hydroxylation is 1. The number of anilines is 1. The number of hydrogen-bond acceptors (Lipinski definition) is 6. The van der Waals surface area contributed by atoms with E-state index in [1.54, 1.807) is 6.21 Å². The lowest BCUT2D eigenvalue weighted by molar-refractivity contribution is -0.118. The molecule has 0 radical (unpaired) electrons. The van der Waals surface area contributed by atoms with E-state index in [0.29, 0.717) is 11.7 Å². The van der Waals surface area contributed by atoms with Gasteiger partial charge in [0.1, 0.15) is 0 Å². The predicted octanol–water partition coefficient (Wildman–Crippen LogP) is 3.74. The summed E-state index contributed by atoms with van der Waals surface area (Å²) in [5.74, 6) is 0.793. The van der Waals surface area contributed by atoms with Gasteiger partial charge in [-0.05, 0) is 36.8 Å². The topological polar surface area (TPSA) is 84.2 Å². The van der Waals surface area contributed by atoms with Crippen LogP contribution in [0.5, 0.6) is 0 Å². The lowest BCUT2D eigenvalue weighted by Gasteiger charge is -2.07. The summed E-state index contributed by atoms with van der Waals surface area (Å²) in [7, 11) is 1.88. The van der Waals surface area contributed by atoms with Crippen molar-refractivity contribution in [3.05, 3.63) is 70.0 Å². The number of halogens is 1. The fourth-order valence-corrected chi connectivity index (χ4v) is 3.35. The lowest BCUT2D eigenvalue weighted by Crippen LogP contribution is -2.20. The highest BCUT2D eigenvalue weighted by atomic mass is 79.9. The van der Waals surface area contributed by atoms with Crippen molar-refractivity contribution in [1.82, 2.24) is 20.2 Å². The van der Waals surface area contributed by atoms with Gasteiger partial charge in [-0.2, -0.15) is 5.10 Å². The molecule has 0 unspecified atom stereocenters. The molecule has 0 aliphatic heterocycles. The summed E-state index contributed by atoms with van der Waals surface area (Å²) in [6.07, 6.45) is 1.62. The molecule has 0 aliphatic rings. The van der Waals surface area contributed by atoms with Crippen LogP contribution in [0.1, 0.15) is 17.0 Å². The smallest absolute Gasteiger partial charge is 0.250 e. The van der Waals surface area contributed by atoms with Crippen LogP contribution in [0.15, 0.2) is 63.3 Å². The van der Waals surface area contributed by atoms with Crippen molar-refractivity contribution in [3.8, 4) is 0 Å². The Morgan fingerprint density at radius 1 is 1.17 bits per heavy atom. The Balaban J connectivity index is 1.46. The normalized spacial score (nSPS) is 11.0. The van der Waals surface area contributed by atoms with E-state index in [4.69, 9.17) is 0 Å². The van der Waals surface area contributed by atoms with E-state index in [1.165, 1.54) is 17.3 Å². The van der Waals surface area contributed by atoms with Gasteiger partial charge in [-0.3, -0.25) is 4.79 Å². The number of nitrogens with zero attached hydrogens (tertiary/aromatic N) is 4. The zero-order valence-corrected chi connectivity index (χ0v) is 18.5. The van der Waals surface area contributed by atoms with Crippen molar-refractivity contribution in [2.24, 2.45) is 12.1 Å². The first-order valence-corrected chi connectivity index (χ1v) is 10.7. The van der Waals surface area contributed by atoms with Crippen molar-refractivity contribution >= 4 is 45.5 Å². The van der Waals surface area contributed by atoms with Gasteiger partial charge in [0, 0.05) is 17.2 Å². The highest BCUT2D eigenvalue weighted by Gasteiger charge is 2.11. The maximum atomic E-state index is 12.0. The summed E-state index contributed by atoms with van der Waals surface area (Å²) in [6.45, 7) is 2.56.